The van der Waals surface area contributed by atoms with Gasteiger partial charge in [-0.25, -0.2) is 4.98 Å². The summed E-state index contributed by atoms with van der Waals surface area (Å²) in [6.45, 7) is 6.22. The number of aromatic nitrogens is 5. The van der Waals surface area contributed by atoms with Crippen LogP contribution in [0.5, 0.6) is 0 Å². The second kappa shape index (κ2) is 7.38. The SMILES string of the molecule is CNc1nn(-c2ccn[nH]2)c2nc(N3CCOC[C@H]3C)cc(N3CC4CCC(C3)O4)c12. The lowest BCUT2D eigenvalue weighted by molar-refractivity contribution is 0.0306. The lowest BCUT2D eigenvalue weighted by atomic mass is 10.1. The zero-order chi connectivity index (χ0) is 20.9. The van der Waals surface area contributed by atoms with Gasteiger partial charge < -0.3 is 24.6 Å². The first-order valence-corrected chi connectivity index (χ1v) is 11.1. The van der Waals surface area contributed by atoms with Crippen LogP contribution in [0.3, 0.4) is 0 Å². The molecule has 3 aliphatic heterocycles. The molecule has 0 spiro atoms. The molecule has 164 valence electrons. The largest absolute Gasteiger partial charge is 0.377 e. The summed E-state index contributed by atoms with van der Waals surface area (Å²) in [7, 11) is 1.91. The van der Waals surface area contributed by atoms with E-state index in [-0.39, 0.29) is 6.04 Å². The maximum atomic E-state index is 6.11. The van der Waals surface area contributed by atoms with Crippen molar-refractivity contribution < 1.29 is 9.47 Å². The normalized spacial score (nSPS) is 26.1. The van der Waals surface area contributed by atoms with Gasteiger partial charge in [-0.15, -0.1) is 5.10 Å². The van der Waals surface area contributed by atoms with Gasteiger partial charge in [0.1, 0.15) is 5.82 Å². The van der Waals surface area contributed by atoms with Crippen molar-refractivity contribution in [1.29, 1.82) is 0 Å². The molecule has 2 N–H and O–H groups in total. The average molecular weight is 425 g/mol. The molecule has 10 nitrogen and oxygen atoms in total. The Hall–Kier alpha value is -2.85. The summed E-state index contributed by atoms with van der Waals surface area (Å²) in [6, 6.07) is 4.40. The Balaban J connectivity index is 1.55. The lowest BCUT2D eigenvalue weighted by Crippen LogP contribution is -2.45. The van der Waals surface area contributed by atoms with Crippen molar-refractivity contribution in [3.05, 3.63) is 18.3 Å². The molecule has 3 saturated heterocycles. The van der Waals surface area contributed by atoms with Gasteiger partial charge >= 0.3 is 0 Å². The number of rotatable bonds is 4. The zero-order valence-corrected chi connectivity index (χ0v) is 17.9. The van der Waals surface area contributed by atoms with Crippen LogP contribution < -0.4 is 15.1 Å². The van der Waals surface area contributed by atoms with E-state index in [2.05, 4.69) is 38.3 Å². The summed E-state index contributed by atoms with van der Waals surface area (Å²) in [4.78, 5) is 9.91. The quantitative estimate of drug-likeness (QED) is 0.654. The highest BCUT2D eigenvalue weighted by Crippen LogP contribution is 2.39. The van der Waals surface area contributed by atoms with Crippen LogP contribution in [0.25, 0.3) is 16.9 Å². The van der Waals surface area contributed by atoms with Crippen LogP contribution in [-0.2, 0) is 9.47 Å². The minimum Gasteiger partial charge on any atom is -0.377 e. The molecule has 6 rings (SSSR count). The third-order valence-electron chi connectivity index (χ3n) is 6.60. The van der Waals surface area contributed by atoms with Crippen molar-refractivity contribution in [3.63, 3.8) is 0 Å². The molecular weight excluding hydrogens is 396 g/mol. The molecule has 31 heavy (non-hydrogen) atoms. The third kappa shape index (κ3) is 3.12. The van der Waals surface area contributed by atoms with Crippen LogP contribution in [0.2, 0.25) is 0 Å². The summed E-state index contributed by atoms with van der Waals surface area (Å²) in [5, 5.41) is 16.3. The summed E-state index contributed by atoms with van der Waals surface area (Å²) < 4.78 is 13.6. The van der Waals surface area contributed by atoms with Crippen molar-refractivity contribution in [3.8, 4) is 5.82 Å². The minimum atomic E-state index is 0.264. The molecule has 0 amide bonds. The molecule has 2 bridgehead atoms. The fourth-order valence-electron chi connectivity index (χ4n) is 5.07. The van der Waals surface area contributed by atoms with Crippen molar-refractivity contribution in [2.75, 3.05) is 55.0 Å². The molecular formula is C21H28N8O2. The van der Waals surface area contributed by atoms with Gasteiger partial charge in [0.25, 0.3) is 0 Å². The predicted octanol–water partition coefficient (Wildman–Crippen LogP) is 1.78. The van der Waals surface area contributed by atoms with E-state index in [1.807, 2.05) is 17.8 Å². The van der Waals surface area contributed by atoms with Crippen molar-refractivity contribution in [2.24, 2.45) is 0 Å². The van der Waals surface area contributed by atoms with Gasteiger partial charge in [-0.2, -0.15) is 9.78 Å². The van der Waals surface area contributed by atoms with Crippen LogP contribution >= 0.6 is 0 Å². The summed E-state index contributed by atoms with van der Waals surface area (Å²) in [6.07, 6.45) is 4.60. The Labute approximate surface area is 180 Å². The van der Waals surface area contributed by atoms with Crippen LogP contribution in [0, 0.1) is 0 Å². The molecule has 6 heterocycles. The molecule has 3 fully saturated rings. The third-order valence-corrected chi connectivity index (χ3v) is 6.60. The molecule has 3 aliphatic rings. The second-order valence-electron chi connectivity index (χ2n) is 8.63. The number of aromatic amines is 1. The Morgan fingerprint density at radius 3 is 2.77 bits per heavy atom. The molecule has 0 saturated carbocycles. The highest BCUT2D eigenvalue weighted by molar-refractivity contribution is 6.01. The molecule has 0 aliphatic carbocycles. The van der Waals surface area contributed by atoms with Gasteiger partial charge in [0.05, 0.1) is 48.7 Å². The summed E-state index contributed by atoms with van der Waals surface area (Å²) in [5.74, 6) is 2.56. The lowest BCUT2D eigenvalue weighted by Gasteiger charge is -2.37. The number of nitrogens with one attached hydrogen (secondary N) is 2. The fourth-order valence-corrected chi connectivity index (χ4v) is 5.07. The minimum absolute atomic E-state index is 0.264. The van der Waals surface area contributed by atoms with E-state index in [0.717, 1.165) is 66.7 Å². The van der Waals surface area contributed by atoms with E-state index in [4.69, 9.17) is 19.6 Å². The zero-order valence-electron chi connectivity index (χ0n) is 17.9. The predicted molar refractivity (Wildman–Crippen MR) is 118 cm³/mol. The standard InChI is InChI=1S/C21H28N8O2/c1-13-12-30-8-7-28(13)18-9-16(27-10-14-3-4-15(11-27)31-14)19-20(22-2)26-29(21(19)24-18)17-5-6-23-25-17/h5-6,9,13-15H,3-4,7-8,10-12H2,1-2H3,(H,22,26)(H,23,25)/t13-,14?,15?/m1/s1. The Morgan fingerprint density at radius 1 is 1.23 bits per heavy atom. The molecule has 0 aromatic carbocycles. The number of anilines is 3. The number of nitrogens with zero attached hydrogens (tertiary/aromatic N) is 6. The monoisotopic (exact) mass is 424 g/mol. The van der Waals surface area contributed by atoms with Crippen molar-refractivity contribution >= 4 is 28.4 Å². The van der Waals surface area contributed by atoms with Gasteiger partial charge in [-0.05, 0) is 19.8 Å². The van der Waals surface area contributed by atoms with Crippen LogP contribution in [-0.4, -0.2) is 83.1 Å². The second-order valence-corrected chi connectivity index (χ2v) is 8.63. The van der Waals surface area contributed by atoms with E-state index in [1.54, 1.807) is 6.20 Å². The van der Waals surface area contributed by atoms with Crippen LogP contribution in [0.1, 0.15) is 19.8 Å². The van der Waals surface area contributed by atoms with Crippen molar-refractivity contribution in [2.45, 2.75) is 38.0 Å². The van der Waals surface area contributed by atoms with Gasteiger partial charge in [0.2, 0.25) is 0 Å². The van der Waals surface area contributed by atoms with Crippen molar-refractivity contribution in [1.82, 2.24) is 25.0 Å². The first-order valence-electron chi connectivity index (χ1n) is 11.1. The van der Waals surface area contributed by atoms with E-state index < -0.39 is 0 Å². The number of ether oxygens (including phenoxy) is 2. The Bertz CT molecular complexity index is 1070. The molecule has 0 radical (unpaired) electrons. The first kappa shape index (κ1) is 18.9. The molecule has 3 aromatic rings. The number of hydrogen-bond acceptors (Lipinski definition) is 8. The number of morpholine rings is 2. The van der Waals surface area contributed by atoms with Crippen LogP contribution in [0.15, 0.2) is 18.3 Å². The first-order chi connectivity index (χ1) is 15.2. The van der Waals surface area contributed by atoms with E-state index in [9.17, 15) is 0 Å². The van der Waals surface area contributed by atoms with E-state index in [0.29, 0.717) is 25.4 Å². The Kier molecular flexibility index (Phi) is 4.50. The van der Waals surface area contributed by atoms with E-state index in [1.165, 1.54) is 0 Å². The Morgan fingerprint density at radius 2 is 2.06 bits per heavy atom. The molecule has 3 aromatic heterocycles. The van der Waals surface area contributed by atoms with Crippen LogP contribution in [0.4, 0.5) is 17.3 Å². The number of H-pyrrole nitrogens is 1. The molecule has 10 heteroatoms. The summed E-state index contributed by atoms with van der Waals surface area (Å²) >= 11 is 0. The highest BCUT2D eigenvalue weighted by Gasteiger charge is 2.36. The number of pyridine rings is 1. The highest BCUT2D eigenvalue weighted by atomic mass is 16.5. The topological polar surface area (TPSA) is 96.4 Å². The van der Waals surface area contributed by atoms with Gasteiger partial charge in [0, 0.05) is 38.8 Å². The average Bonchev–Trinajstić information content (AvgIpc) is 3.52. The summed E-state index contributed by atoms with van der Waals surface area (Å²) in [5.41, 5.74) is 1.98. The number of hydrogen-bond donors (Lipinski definition) is 2. The molecule has 3 atom stereocenters. The fraction of sp³-hybridized carbons (Fsp3) is 0.571. The van der Waals surface area contributed by atoms with Gasteiger partial charge in [-0.3, -0.25) is 5.10 Å². The van der Waals surface area contributed by atoms with E-state index >= 15 is 0 Å². The molecule has 2 unspecified atom stereocenters. The van der Waals surface area contributed by atoms with Gasteiger partial charge in [-0.1, -0.05) is 0 Å². The van der Waals surface area contributed by atoms with Gasteiger partial charge in [0.15, 0.2) is 17.3 Å². The number of fused-ring (bicyclic) bond motifs is 3. The smallest absolute Gasteiger partial charge is 0.171 e. The maximum absolute atomic E-state index is 6.11. The maximum Gasteiger partial charge on any atom is 0.171 e.